The lowest BCUT2D eigenvalue weighted by Gasteiger charge is -2.09. The average molecular weight is 326 g/mol. The molecule has 0 radical (unpaired) electrons. The number of aryl methyl sites for hydroxylation is 1. The number of pyridine rings is 1. The Morgan fingerprint density at radius 2 is 2.10 bits per heavy atom. The molecule has 0 atom stereocenters. The summed E-state index contributed by atoms with van der Waals surface area (Å²) in [7, 11) is -3.64. The number of halogens is 1. The van der Waals surface area contributed by atoms with Crippen molar-refractivity contribution in [3.8, 4) is 0 Å². The number of nitrogens with zero attached hydrogens (tertiary/aromatic N) is 1. The van der Waals surface area contributed by atoms with Crippen molar-refractivity contribution >= 4 is 21.6 Å². The molecule has 21 heavy (non-hydrogen) atoms. The van der Waals surface area contributed by atoms with Gasteiger partial charge < -0.3 is 5.73 Å². The molecule has 0 aliphatic heterocycles. The molecule has 1 aromatic heterocycles. The lowest BCUT2D eigenvalue weighted by molar-refractivity contribution is 0.580. The van der Waals surface area contributed by atoms with Gasteiger partial charge in [0.15, 0.2) is 0 Å². The topological polar surface area (TPSA) is 85.1 Å². The molecule has 0 fully saturated rings. The van der Waals surface area contributed by atoms with Crippen molar-refractivity contribution in [2.45, 2.75) is 24.9 Å². The van der Waals surface area contributed by atoms with E-state index in [9.17, 15) is 8.42 Å². The van der Waals surface area contributed by atoms with Gasteiger partial charge in [0, 0.05) is 17.8 Å². The minimum atomic E-state index is -3.64. The van der Waals surface area contributed by atoms with Crippen LogP contribution in [0.2, 0.25) is 5.02 Å². The second-order valence-corrected chi connectivity index (χ2v) is 6.72. The summed E-state index contributed by atoms with van der Waals surface area (Å²) >= 11 is 5.99. The van der Waals surface area contributed by atoms with Gasteiger partial charge >= 0.3 is 0 Å². The Kier molecular flexibility index (Phi) is 4.95. The third kappa shape index (κ3) is 3.79. The number of sulfonamides is 1. The lowest BCUT2D eigenvalue weighted by Crippen LogP contribution is -2.24. The van der Waals surface area contributed by atoms with Crippen molar-refractivity contribution in [2.75, 3.05) is 0 Å². The molecular weight excluding hydrogens is 310 g/mol. The highest BCUT2D eigenvalue weighted by Gasteiger charge is 2.16. The molecule has 0 spiro atoms. The van der Waals surface area contributed by atoms with Crippen LogP contribution < -0.4 is 10.5 Å². The number of benzene rings is 1. The van der Waals surface area contributed by atoms with Crippen molar-refractivity contribution in [1.82, 2.24) is 9.71 Å². The van der Waals surface area contributed by atoms with Crippen LogP contribution in [0.15, 0.2) is 41.4 Å². The normalized spacial score (nSPS) is 11.6. The van der Waals surface area contributed by atoms with Crippen molar-refractivity contribution in [3.05, 3.63) is 58.4 Å². The number of nitrogens with one attached hydrogen (secondary N) is 1. The number of nitrogens with two attached hydrogens (primary N) is 1. The zero-order valence-electron chi connectivity index (χ0n) is 11.5. The molecule has 5 nitrogen and oxygen atoms in total. The fraction of sp³-hybridized carbons (Fsp3) is 0.214. The van der Waals surface area contributed by atoms with E-state index in [2.05, 4.69) is 9.71 Å². The van der Waals surface area contributed by atoms with Crippen LogP contribution in [0.1, 0.15) is 16.8 Å². The molecule has 2 rings (SSSR count). The van der Waals surface area contributed by atoms with Gasteiger partial charge in [-0.1, -0.05) is 23.7 Å². The van der Waals surface area contributed by atoms with Crippen LogP contribution in [0, 0.1) is 6.92 Å². The van der Waals surface area contributed by atoms with E-state index < -0.39 is 10.0 Å². The summed E-state index contributed by atoms with van der Waals surface area (Å²) in [6, 6.07) is 8.18. The smallest absolute Gasteiger partial charge is 0.240 e. The molecule has 1 aromatic carbocycles. The van der Waals surface area contributed by atoms with Crippen LogP contribution in [-0.2, 0) is 23.1 Å². The van der Waals surface area contributed by atoms with Gasteiger partial charge in [0.2, 0.25) is 10.0 Å². The summed E-state index contributed by atoms with van der Waals surface area (Å²) < 4.78 is 27.0. The van der Waals surface area contributed by atoms with Gasteiger partial charge in [-0.3, -0.25) is 4.98 Å². The van der Waals surface area contributed by atoms with Gasteiger partial charge in [-0.2, -0.15) is 0 Å². The van der Waals surface area contributed by atoms with Crippen molar-refractivity contribution in [1.29, 1.82) is 0 Å². The highest BCUT2D eigenvalue weighted by Crippen LogP contribution is 2.20. The largest absolute Gasteiger partial charge is 0.326 e. The number of hydrogen-bond acceptors (Lipinski definition) is 4. The quantitative estimate of drug-likeness (QED) is 0.880. The first-order chi connectivity index (χ1) is 9.94. The van der Waals surface area contributed by atoms with Crippen LogP contribution in [0.4, 0.5) is 0 Å². The Morgan fingerprint density at radius 3 is 2.71 bits per heavy atom. The highest BCUT2D eigenvalue weighted by atomic mass is 35.5. The Bertz CT molecular complexity index is 748. The van der Waals surface area contributed by atoms with Gasteiger partial charge in [-0.15, -0.1) is 0 Å². The molecule has 0 amide bonds. The summed E-state index contributed by atoms with van der Waals surface area (Å²) in [5.74, 6) is 0. The standard InChI is InChI=1S/C14H16ClN3O2S/c1-10-3-2-6-17-14(10)9-18-21(19,20)12-5-4-11(8-16)13(15)7-12/h2-7,18H,8-9,16H2,1H3. The molecular formula is C14H16ClN3O2S. The van der Waals surface area contributed by atoms with E-state index in [4.69, 9.17) is 17.3 Å². The second-order valence-electron chi connectivity index (χ2n) is 4.55. The molecule has 0 saturated heterocycles. The van der Waals surface area contributed by atoms with E-state index in [0.29, 0.717) is 16.3 Å². The minimum Gasteiger partial charge on any atom is -0.326 e. The van der Waals surface area contributed by atoms with Gasteiger partial charge in [0.05, 0.1) is 17.1 Å². The molecule has 1 heterocycles. The van der Waals surface area contributed by atoms with Gasteiger partial charge in [-0.05, 0) is 36.2 Å². The van der Waals surface area contributed by atoms with E-state index in [0.717, 1.165) is 5.56 Å². The maximum absolute atomic E-state index is 12.2. The molecule has 0 saturated carbocycles. The van der Waals surface area contributed by atoms with Gasteiger partial charge in [-0.25, -0.2) is 13.1 Å². The van der Waals surface area contributed by atoms with Crippen LogP contribution in [-0.4, -0.2) is 13.4 Å². The van der Waals surface area contributed by atoms with Crippen LogP contribution >= 0.6 is 11.6 Å². The number of rotatable bonds is 5. The predicted molar refractivity (Wildman–Crippen MR) is 82.3 cm³/mol. The molecule has 0 unspecified atom stereocenters. The van der Waals surface area contributed by atoms with Crippen molar-refractivity contribution in [2.24, 2.45) is 5.73 Å². The maximum Gasteiger partial charge on any atom is 0.240 e. The van der Waals surface area contributed by atoms with E-state index in [-0.39, 0.29) is 18.0 Å². The summed E-state index contributed by atoms with van der Waals surface area (Å²) in [4.78, 5) is 4.26. The Balaban J connectivity index is 2.19. The zero-order chi connectivity index (χ0) is 15.5. The summed E-state index contributed by atoms with van der Waals surface area (Å²) in [6.07, 6.45) is 1.63. The van der Waals surface area contributed by atoms with Crippen LogP contribution in [0.3, 0.4) is 0 Å². The number of aromatic nitrogens is 1. The van der Waals surface area contributed by atoms with Crippen LogP contribution in [0.5, 0.6) is 0 Å². The van der Waals surface area contributed by atoms with E-state index in [1.54, 1.807) is 18.3 Å². The highest BCUT2D eigenvalue weighted by molar-refractivity contribution is 7.89. The lowest BCUT2D eigenvalue weighted by atomic mass is 10.2. The maximum atomic E-state index is 12.2. The Labute approximate surface area is 129 Å². The first-order valence-electron chi connectivity index (χ1n) is 6.32. The van der Waals surface area contributed by atoms with Crippen molar-refractivity contribution in [3.63, 3.8) is 0 Å². The molecule has 0 aliphatic carbocycles. The molecule has 0 bridgehead atoms. The van der Waals surface area contributed by atoms with E-state index >= 15 is 0 Å². The Morgan fingerprint density at radius 1 is 1.33 bits per heavy atom. The Hall–Kier alpha value is -1.47. The third-order valence-electron chi connectivity index (χ3n) is 3.10. The fourth-order valence-corrected chi connectivity index (χ4v) is 3.15. The first kappa shape index (κ1) is 15.9. The number of hydrogen-bond donors (Lipinski definition) is 2. The second kappa shape index (κ2) is 6.53. The van der Waals surface area contributed by atoms with Gasteiger partial charge in [0.1, 0.15) is 0 Å². The molecule has 2 aromatic rings. The third-order valence-corrected chi connectivity index (χ3v) is 4.85. The van der Waals surface area contributed by atoms with Crippen molar-refractivity contribution < 1.29 is 8.42 Å². The molecule has 0 aliphatic rings. The monoisotopic (exact) mass is 325 g/mol. The molecule has 112 valence electrons. The van der Waals surface area contributed by atoms with Crippen LogP contribution in [0.25, 0.3) is 0 Å². The molecule has 3 N–H and O–H groups in total. The summed E-state index contributed by atoms with van der Waals surface area (Å²) in [5, 5.41) is 0.342. The predicted octanol–water partition coefficient (Wildman–Crippen LogP) is 1.98. The fourth-order valence-electron chi connectivity index (χ4n) is 1.81. The van der Waals surface area contributed by atoms with E-state index in [1.807, 2.05) is 13.0 Å². The average Bonchev–Trinajstić information content (AvgIpc) is 2.46. The zero-order valence-corrected chi connectivity index (χ0v) is 13.1. The van der Waals surface area contributed by atoms with Gasteiger partial charge in [0.25, 0.3) is 0 Å². The summed E-state index contributed by atoms with van der Waals surface area (Å²) in [6.45, 7) is 2.27. The SMILES string of the molecule is Cc1cccnc1CNS(=O)(=O)c1ccc(CN)c(Cl)c1. The summed E-state index contributed by atoms with van der Waals surface area (Å²) in [5.41, 5.74) is 7.82. The minimum absolute atomic E-state index is 0.110. The molecule has 7 heteroatoms. The first-order valence-corrected chi connectivity index (χ1v) is 8.19. The van der Waals surface area contributed by atoms with E-state index in [1.165, 1.54) is 12.1 Å².